The van der Waals surface area contributed by atoms with E-state index in [0.717, 1.165) is 11.1 Å². The Morgan fingerprint density at radius 3 is 2.30 bits per heavy atom. The largest absolute Gasteiger partial charge is 0.480 e. The summed E-state index contributed by atoms with van der Waals surface area (Å²) in [5.41, 5.74) is 2.21. The highest BCUT2D eigenvalue weighted by atomic mass is 16.4. The van der Waals surface area contributed by atoms with Gasteiger partial charge in [0.05, 0.1) is 12.1 Å². The Labute approximate surface area is 157 Å². The molecule has 0 spiro atoms. The van der Waals surface area contributed by atoms with Crippen molar-refractivity contribution in [3.8, 4) is 11.5 Å². The summed E-state index contributed by atoms with van der Waals surface area (Å²) in [6.07, 6.45) is -0.0116. The summed E-state index contributed by atoms with van der Waals surface area (Å²) in [4.78, 5) is 29.7. The van der Waals surface area contributed by atoms with Crippen LogP contribution in [0.5, 0.6) is 0 Å². The van der Waals surface area contributed by atoms with Crippen LogP contribution >= 0.6 is 0 Å². The number of amides is 1. The Balaban J connectivity index is 1.77. The van der Waals surface area contributed by atoms with Gasteiger partial charge in [-0.3, -0.25) is 9.59 Å². The van der Waals surface area contributed by atoms with Gasteiger partial charge in [0, 0.05) is 12.1 Å². The average Bonchev–Trinajstić information content (AvgIpc) is 3.03. The second-order valence-corrected chi connectivity index (χ2v) is 6.19. The molecular formula is C21H20N2O4. The SMILES string of the molecule is Cc1oc(-c2ccccc2)nc1CC(=O)N(CC(=O)O)Cc1ccccc1. The molecule has 1 heterocycles. The molecule has 1 amide bonds. The molecule has 0 atom stereocenters. The smallest absolute Gasteiger partial charge is 0.323 e. The molecule has 138 valence electrons. The first kappa shape index (κ1) is 18.4. The van der Waals surface area contributed by atoms with Gasteiger partial charge in [-0.1, -0.05) is 48.5 Å². The third kappa shape index (κ3) is 4.82. The molecule has 6 heteroatoms. The second-order valence-electron chi connectivity index (χ2n) is 6.19. The zero-order valence-electron chi connectivity index (χ0n) is 15.0. The molecule has 27 heavy (non-hydrogen) atoms. The van der Waals surface area contributed by atoms with Crippen LogP contribution in [0.25, 0.3) is 11.5 Å². The highest BCUT2D eigenvalue weighted by molar-refractivity contribution is 5.83. The van der Waals surface area contributed by atoms with Gasteiger partial charge in [-0.25, -0.2) is 4.98 Å². The van der Waals surface area contributed by atoms with E-state index in [1.54, 1.807) is 6.92 Å². The molecule has 0 radical (unpaired) electrons. The summed E-state index contributed by atoms with van der Waals surface area (Å²) >= 11 is 0. The Morgan fingerprint density at radius 1 is 1.04 bits per heavy atom. The van der Waals surface area contributed by atoms with E-state index < -0.39 is 5.97 Å². The molecule has 2 aromatic carbocycles. The van der Waals surface area contributed by atoms with Crippen LogP contribution in [0.1, 0.15) is 17.0 Å². The number of carbonyl (C=O) groups is 2. The van der Waals surface area contributed by atoms with E-state index >= 15 is 0 Å². The number of nitrogens with zero attached hydrogens (tertiary/aromatic N) is 2. The zero-order valence-corrected chi connectivity index (χ0v) is 15.0. The van der Waals surface area contributed by atoms with Gasteiger partial charge in [0.2, 0.25) is 11.8 Å². The number of carboxylic acid groups (broad SMARTS) is 1. The van der Waals surface area contributed by atoms with Crippen molar-refractivity contribution in [2.24, 2.45) is 0 Å². The number of carbonyl (C=O) groups excluding carboxylic acids is 1. The standard InChI is InChI=1S/C21H20N2O4/c1-15-18(22-21(27-15)17-10-6-3-7-11-17)12-19(24)23(14-20(25)26)13-16-8-4-2-5-9-16/h2-11H,12-14H2,1H3,(H,25,26). The number of rotatable bonds is 7. The van der Waals surface area contributed by atoms with Crippen molar-refractivity contribution in [2.75, 3.05) is 6.54 Å². The van der Waals surface area contributed by atoms with E-state index in [-0.39, 0.29) is 25.4 Å². The fraction of sp³-hybridized carbons (Fsp3) is 0.190. The molecule has 1 aromatic heterocycles. The van der Waals surface area contributed by atoms with Gasteiger partial charge in [-0.2, -0.15) is 0 Å². The lowest BCUT2D eigenvalue weighted by Crippen LogP contribution is -2.36. The molecule has 0 saturated carbocycles. The van der Waals surface area contributed by atoms with Gasteiger partial charge in [-0.15, -0.1) is 0 Å². The summed E-state index contributed by atoms with van der Waals surface area (Å²) < 4.78 is 5.68. The number of aryl methyl sites for hydroxylation is 1. The molecule has 1 N–H and O–H groups in total. The third-order valence-electron chi connectivity index (χ3n) is 4.13. The maximum Gasteiger partial charge on any atom is 0.323 e. The summed E-state index contributed by atoms with van der Waals surface area (Å²) in [6, 6.07) is 18.7. The number of aliphatic carboxylic acids is 1. The lowest BCUT2D eigenvalue weighted by Gasteiger charge is -2.20. The maximum atomic E-state index is 12.7. The zero-order chi connectivity index (χ0) is 19.2. The molecule has 0 unspecified atom stereocenters. The summed E-state index contributed by atoms with van der Waals surface area (Å²) in [7, 11) is 0. The minimum Gasteiger partial charge on any atom is -0.480 e. The van der Waals surface area contributed by atoms with Crippen LogP contribution in [0, 0.1) is 6.92 Å². The van der Waals surface area contributed by atoms with Gasteiger partial charge in [0.15, 0.2) is 0 Å². The third-order valence-corrected chi connectivity index (χ3v) is 4.13. The quantitative estimate of drug-likeness (QED) is 0.695. The van der Waals surface area contributed by atoms with Crippen molar-refractivity contribution in [3.05, 3.63) is 77.7 Å². The fourth-order valence-corrected chi connectivity index (χ4v) is 2.75. The predicted molar refractivity (Wildman–Crippen MR) is 99.9 cm³/mol. The van der Waals surface area contributed by atoms with Crippen molar-refractivity contribution in [1.82, 2.24) is 9.88 Å². The van der Waals surface area contributed by atoms with Crippen LogP contribution in [0.15, 0.2) is 65.1 Å². The van der Waals surface area contributed by atoms with Gasteiger partial charge in [-0.05, 0) is 24.6 Å². The van der Waals surface area contributed by atoms with Crippen molar-refractivity contribution in [2.45, 2.75) is 19.9 Å². The van der Waals surface area contributed by atoms with E-state index in [0.29, 0.717) is 17.3 Å². The van der Waals surface area contributed by atoms with Crippen LogP contribution in [-0.4, -0.2) is 33.4 Å². The molecule has 6 nitrogen and oxygen atoms in total. The van der Waals surface area contributed by atoms with Crippen LogP contribution in [0.4, 0.5) is 0 Å². The van der Waals surface area contributed by atoms with Crippen LogP contribution in [-0.2, 0) is 22.6 Å². The summed E-state index contributed by atoms with van der Waals surface area (Å²) in [6.45, 7) is 1.62. The van der Waals surface area contributed by atoms with Crippen molar-refractivity contribution < 1.29 is 19.1 Å². The number of hydrogen-bond donors (Lipinski definition) is 1. The Hall–Kier alpha value is -3.41. The first-order valence-corrected chi connectivity index (χ1v) is 8.58. The van der Waals surface area contributed by atoms with Crippen LogP contribution in [0.2, 0.25) is 0 Å². The number of carboxylic acids is 1. The average molecular weight is 364 g/mol. The van der Waals surface area contributed by atoms with Gasteiger partial charge in [0.1, 0.15) is 12.3 Å². The molecule has 3 aromatic rings. The van der Waals surface area contributed by atoms with E-state index in [1.165, 1.54) is 4.90 Å². The summed E-state index contributed by atoms with van der Waals surface area (Å²) in [5.74, 6) is -0.362. The second kappa shape index (κ2) is 8.31. The normalized spacial score (nSPS) is 10.6. The first-order valence-electron chi connectivity index (χ1n) is 8.58. The molecule has 0 aliphatic heterocycles. The van der Waals surface area contributed by atoms with Crippen LogP contribution in [0.3, 0.4) is 0 Å². The molecular weight excluding hydrogens is 344 g/mol. The van der Waals surface area contributed by atoms with Gasteiger partial charge >= 0.3 is 5.97 Å². The molecule has 0 fully saturated rings. The Bertz CT molecular complexity index is 920. The van der Waals surface area contributed by atoms with E-state index in [9.17, 15) is 9.59 Å². The van der Waals surface area contributed by atoms with Crippen molar-refractivity contribution in [3.63, 3.8) is 0 Å². The summed E-state index contributed by atoms with van der Waals surface area (Å²) in [5, 5.41) is 9.16. The van der Waals surface area contributed by atoms with Crippen molar-refractivity contribution in [1.29, 1.82) is 0 Å². The predicted octanol–water partition coefficient (Wildman–Crippen LogP) is 3.31. The molecule has 3 rings (SSSR count). The van der Waals surface area contributed by atoms with Gasteiger partial charge in [0.25, 0.3) is 0 Å². The number of hydrogen-bond acceptors (Lipinski definition) is 4. The number of benzene rings is 2. The lowest BCUT2D eigenvalue weighted by atomic mass is 10.2. The first-order chi connectivity index (χ1) is 13.0. The minimum absolute atomic E-state index is 0.0116. The fourth-order valence-electron chi connectivity index (χ4n) is 2.75. The minimum atomic E-state index is -1.05. The highest BCUT2D eigenvalue weighted by Gasteiger charge is 2.21. The topological polar surface area (TPSA) is 83.6 Å². The van der Waals surface area contributed by atoms with E-state index in [1.807, 2.05) is 60.7 Å². The number of oxazole rings is 1. The Kier molecular flexibility index (Phi) is 5.66. The van der Waals surface area contributed by atoms with Gasteiger partial charge < -0.3 is 14.4 Å². The van der Waals surface area contributed by atoms with Crippen LogP contribution < -0.4 is 0 Å². The Morgan fingerprint density at radius 2 is 1.67 bits per heavy atom. The monoisotopic (exact) mass is 364 g/mol. The van der Waals surface area contributed by atoms with Crippen molar-refractivity contribution >= 4 is 11.9 Å². The molecule has 0 saturated heterocycles. The highest BCUT2D eigenvalue weighted by Crippen LogP contribution is 2.22. The lowest BCUT2D eigenvalue weighted by molar-refractivity contribution is -0.144. The maximum absolute atomic E-state index is 12.7. The van der Waals surface area contributed by atoms with E-state index in [2.05, 4.69) is 4.98 Å². The molecule has 0 aliphatic carbocycles. The van der Waals surface area contributed by atoms with E-state index in [4.69, 9.17) is 9.52 Å². The molecule has 0 aliphatic rings. The molecule has 0 bridgehead atoms. The number of aromatic nitrogens is 1.